The zero-order valence-corrected chi connectivity index (χ0v) is 8.71. The monoisotopic (exact) mass is 213 g/mol. The number of hydrogen-bond acceptors (Lipinski definition) is 3. The van der Waals surface area contributed by atoms with Crippen LogP contribution in [0.5, 0.6) is 0 Å². The van der Waals surface area contributed by atoms with E-state index >= 15 is 0 Å². The van der Waals surface area contributed by atoms with Gasteiger partial charge in [0.15, 0.2) is 0 Å². The number of carbonyl (C=O) groups is 3. The Bertz CT molecular complexity index is 262. The first-order valence-corrected chi connectivity index (χ1v) is 4.99. The van der Waals surface area contributed by atoms with Gasteiger partial charge in [0.25, 0.3) is 0 Å². The minimum Gasteiger partial charge on any atom is -0.338 e. The molecular formula is C9H15N3O3. The molecule has 1 aliphatic heterocycles. The standard InChI is InChI=1S/C9H15N3O3/c1-2-3-4-10-9(15)12-5-7(13)11-8(14)6-12/h2-6H2,1H3,(H,10,15)(H,11,13,14). The molecule has 4 amide bonds. The molecule has 0 aromatic rings. The van der Waals surface area contributed by atoms with Crippen LogP contribution in [0.4, 0.5) is 4.79 Å². The lowest BCUT2D eigenvalue weighted by Crippen LogP contribution is -2.55. The minimum atomic E-state index is -0.433. The second kappa shape index (κ2) is 5.33. The summed E-state index contributed by atoms with van der Waals surface area (Å²) in [6.07, 6.45) is 1.87. The van der Waals surface area contributed by atoms with Gasteiger partial charge in [0.05, 0.1) is 0 Å². The van der Waals surface area contributed by atoms with E-state index in [0.717, 1.165) is 12.8 Å². The van der Waals surface area contributed by atoms with Crippen LogP contribution in [-0.4, -0.2) is 42.4 Å². The van der Waals surface area contributed by atoms with Crippen LogP contribution in [0, 0.1) is 0 Å². The molecule has 1 rings (SSSR count). The van der Waals surface area contributed by atoms with E-state index in [4.69, 9.17) is 0 Å². The van der Waals surface area contributed by atoms with E-state index in [0.29, 0.717) is 6.54 Å². The molecule has 0 spiro atoms. The number of hydrogen-bond donors (Lipinski definition) is 2. The zero-order chi connectivity index (χ0) is 11.3. The quantitative estimate of drug-likeness (QED) is 0.488. The number of nitrogens with zero attached hydrogens (tertiary/aromatic N) is 1. The highest BCUT2D eigenvalue weighted by molar-refractivity contribution is 6.02. The molecule has 0 unspecified atom stereocenters. The molecule has 6 heteroatoms. The number of nitrogens with one attached hydrogen (secondary N) is 2. The van der Waals surface area contributed by atoms with Gasteiger partial charge in [-0.3, -0.25) is 14.9 Å². The Morgan fingerprint density at radius 2 is 2.00 bits per heavy atom. The molecule has 84 valence electrons. The number of unbranched alkanes of at least 4 members (excludes halogenated alkanes) is 1. The summed E-state index contributed by atoms with van der Waals surface area (Å²) in [6, 6.07) is -0.355. The molecule has 1 fully saturated rings. The third kappa shape index (κ3) is 3.57. The van der Waals surface area contributed by atoms with Crippen molar-refractivity contribution >= 4 is 17.8 Å². The van der Waals surface area contributed by atoms with Crippen molar-refractivity contribution < 1.29 is 14.4 Å². The molecule has 1 saturated heterocycles. The van der Waals surface area contributed by atoms with E-state index in [1.165, 1.54) is 4.90 Å². The Kier molecular flexibility index (Phi) is 4.08. The number of rotatable bonds is 3. The van der Waals surface area contributed by atoms with E-state index in [1.54, 1.807) is 0 Å². The summed E-state index contributed by atoms with van der Waals surface area (Å²) in [5, 5.41) is 4.78. The largest absolute Gasteiger partial charge is 0.338 e. The maximum absolute atomic E-state index is 11.4. The Morgan fingerprint density at radius 3 is 2.53 bits per heavy atom. The lowest BCUT2D eigenvalue weighted by Gasteiger charge is -2.25. The molecule has 0 atom stereocenters. The first kappa shape index (κ1) is 11.5. The van der Waals surface area contributed by atoms with Crippen molar-refractivity contribution in [2.45, 2.75) is 19.8 Å². The van der Waals surface area contributed by atoms with Gasteiger partial charge in [-0.15, -0.1) is 0 Å². The van der Waals surface area contributed by atoms with Gasteiger partial charge < -0.3 is 10.2 Å². The van der Waals surface area contributed by atoms with Crippen molar-refractivity contribution in [1.29, 1.82) is 0 Å². The Morgan fingerprint density at radius 1 is 1.40 bits per heavy atom. The van der Waals surface area contributed by atoms with Crippen LogP contribution in [0.25, 0.3) is 0 Å². The number of amides is 4. The summed E-state index contributed by atoms with van der Waals surface area (Å²) in [5.41, 5.74) is 0. The number of imide groups is 1. The lowest BCUT2D eigenvalue weighted by atomic mass is 10.3. The van der Waals surface area contributed by atoms with Crippen LogP contribution < -0.4 is 10.6 Å². The van der Waals surface area contributed by atoms with Gasteiger partial charge in [-0.25, -0.2) is 4.79 Å². The maximum atomic E-state index is 11.4. The predicted molar refractivity (Wildman–Crippen MR) is 53.0 cm³/mol. The number of carbonyl (C=O) groups excluding carboxylic acids is 3. The van der Waals surface area contributed by atoms with Gasteiger partial charge in [-0.05, 0) is 6.42 Å². The van der Waals surface area contributed by atoms with E-state index in [-0.39, 0.29) is 19.1 Å². The van der Waals surface area contributed by atoms with Gasteiger partial charge in [-0.1, -0.05) is 13.3 Å². The topological polar surface area (TPSA) is 78.5 Å². The van der Waals surface area contributed by atoms with E-state index in [1.807, 2.05) is 6.92 Å². The summed E-state index contributed by atoms with van der Waals surface area (Å²) in [6.45, 7) is 2.49. The summed E-state index contributed by atoms with van der Waals surface area (Å²) >= 11 is 0. The Hall–Kier alpha value is -1.59. The van der Waals surface area contributed by atoms with Crippen molar-refractivity contribution in [2.24, 2.45) is 0 Å². The molecule has 0 aliphatic carbocycles. The van der Waals surface area contributed by atoms with Crippen LogP contribution in [0.3, 0.4) is 0 Å². The van der Waals surface area contributed by atoms with Crippen LogP contribution in [-0.2, 0) is 9.59 Å². The highest BCUT2D eigenvalue weighted by Crippen LogP contribution is 1.95. The van der Waals surface area contributed by atoms with Gasteiger partial charge >= 0.3 is 6.03 Å². The minimum absolute atomic E-state index is 0.0519. The summed E-state index contributed by atoms with van der Waals surface area (Å²) in [7, 11) is 0. The normalized spacial score (nSPS) is 16.2. The van der Waals surface area contributed by atoms with Gasteiger partial charge in [-0.2, -0.15) is 0 Å². The average molecular weight is 213 g/mol. The second-order valence-corrected chi connectivity index (χ2v) is 3.41. The average Bonchev–Trinajstić information content (AvgIpc) is 2.16. The smallest absolute Gasteiger partial charge is 0.318 e. The van der Waals surface area contributed by atoms with E-state index in [9.17, 15) is 14.4 Å². The van der Waals surface area contributed by atoms with Crippen LogP contribution >= 0.6 is 0 Å². The molecule has 0 radical (unpaired) electrons. The van der Waals surface area contributed by atoms with Gasteiger partial charge in [0.2, 0.25) is 11.8 Å². The molecule has 0 aromatic carbocycles. The first-order chi connectivity index (χ1) is 7.13. The number of urea groups is 1. The highest BCUT2D eigenvalue weighted by Gasteiger charge is 2.25. The molecule has 0 aromatic heterocycles. The zero-order valence-electron chi connectivity index (χ0n) is 8.71. The SMILES string of the molecule is CCCCNC(=O)N1CC(=O)NC(=O)C1. The molecular weight excluding hydrogens is 198 g/mol. The summed E-state index contributed by atoms with van der Waals surface area (Å²) in [5.74, 6) is -0.867. The molecule has 0 saturated carbocycles. The van der Waals surface area contributed by atoms with Crippen LogP contribution in [0.15, 0.2) is 0 Å². The molecule has 0 bridgehead atoms. The Balaban J connectivity index is 2.38. The van der Waals surface area contributed by atoms with Crippen LogP contribution in [0.1, 0.15) is 19.8 Å². The molecule has 2 N–H and O–H groups in total. The third-order valence-electron chi connectivity index (χ3n) is 2.04. The molecule has 1 aliphatic rings. The highest BCUT2D eigenvalue weighted by atomic mass is 16.2. The second-order valence-electron chi connectivity index (χ2n) is 3.41. The first-order valence-electron chi connectivity index (χ1n) is 4.99. The number of piperazine rings is 1. The summed E-state index contributed by atoms with van der Waals surface area (Å²) < 4.78 is 0. The van der Waals surface area contributed by atoms with E-state index < -0.39 is 11.8 Å². The molecule has 1 heterocycles. The fraction of sp³-hybridized carbons (Fsp3) is 0.667. The fourth-order valence-corrected chi connectivity index (χ4v) is 1.26. The Labute approximate surface area is 88.0 Å². The van der Waals surface area contributed by atoms with Crippen molar-refractivity contribution in [3.8, 4) is 0 Å². The van der Waals surface area contributed by atoms with Crippen molar-refractivity contribution in [2.75, 3.05) is 19.6 Å². The predicted octanol–water partition coefficient (Wildman–Crippen LogP) is -0.545. The third-order valence-corrected chi connectivity index (χ3v) is 2.04. The van der Waals surface area contributed by atoms with Crippen molar-refractivity contribution in [3.63, 3.8) is 0 Å². The van der Waals surface area contributed by atoms with Gasteiger partial charge in [0.1, 0.15) is 13.1 Å². The van der Waals surface area contributed by atoms with Crippen molar-refractivity contribution in [1.82, 2.24) is 15.5 Å². The lowest BCUT2D eigenvalue weighted by molar-refractivity contribution is -0.134. The maximum Gasteiger partial charge on any atom is 0.318 e. The fourth-order valence-electron chi connectivity index (χ4n) is 1.26. The molecule has 6 nitrogen and oxygen atoms in total. The van der Waals surface area contributed by atoms with Gasteiger partial charge in [0, 0.05) is 6.54 Å². The van der Waals surface area contributed by atoms with E-state index in [2.05, 4.69) is 10.6 Å². The summed E-state index contributed by atoms with van der Waals surface area (Å²) in [4.78, 5) is 34.6. The van der Waals surface area contributed by atoms with Crippen LogP contribution in [0.2, 0.25) is 0 Å². The molecule has 15 heavy (non-hydrogen) atoms. The van der Waals surface area contributed by atoms with Crippen molar-refractivity contribution in [3.05, 3.63) is 0 Å².